The molecule has 16 nitrogen and oxygen atoms in total. The number of carbonyl (C=O) groups excluding carboxylic acids is 2. The Morgan fingerprint density at radius 2 is 1.19 bits per heavy atom. The minimum Gasteiger partial charge on any atom is -0.464 e. The van der Waals surface area contributed by atoms with Gasteiger partial charge in [0.15, 0.2) is 22.7 Å². The van der Waals surface area contributed by atoms with Gasteiger partial charge < -0.3 is 38.3 Å². The van der Waals surface area contributed by atoms with E-state index in [1.165, 1.54) is 31.2 Å². The zero-order valence-electron chi connectivity index (χ0n) is 33.6. The summed E-state index contributed by atoms with van der Waals surface area (Å²) in [6.45, 7) is 23.3. The van der Waals surface area contributed by atoms with Gasteiger partial charge in [0, 0.05) is 52.7 Å². The second-order valence-electron chi connectivity index (χ2n) is 16.6. The van der Waals surface area contributed by atoms with Crippen molar-refractivity contribution in [2.75, 3.05) is 27.4 Å². The number of carbonyl (C=O) groups is 2. The Bertz CT molecular complexity index is 1930. The first-order valence-corrected chi connectivity index (χ1v) is 25.3. The molecule has 0 bridgehead atoms. The molecule has 4 aromatic heterocycles. The van der Waals surface area contributed by atoms with Crippen molar-refractivity contribution in [2.45, 2.75) is 104 Å². The molecule has 0 saturated carbocycles. The van der Waals surface area contributed by atoms with Crippen LogP contribution in [-0.2, 0) is 41.7 Å². The molecule has 0 atom stereocenters. The lowest BCUT2D eigenvalue weighted by atomic mass is 9.80. The van der Waals surface area contributed by atoms with Crippen molar-refractivity contribution in [2.24, 2.45) is 0 Å². The van der Waals surface area contributed by atoms with Crippen molar-refractivity contribution < 1.29 is 47.9 Å². The van der Waals surface area contributed by atoms with E-state index in [0.29, 0.717) is 35.3 Å². The number of hydrogen-bond donors (Lipinski definition) is 2. The van der Waals surface area contributed by atoms with Gasteiger partial charge >= 0.3 is 26.2 Å². The van der Waals surface area contributed by atoms with Gasteiger partial charge in [-0.05, 0) is 51.9 Å². The third-order valence-corrected chi connectivity index (χ3v) is 12.6. The third-order valence-electron chi connectivity index (χ3n) is 9.22. The van der Waals surface area contributed by atoms with Gasteiger partial charge in [-0.25, -0.2) is 28.9 Å². The number of rotatable bonds is 14. The summed E-state index contributed by atoms with van der Waals surface area (Å²) in [6.07, 6.45) is 3.03. The van der Waals surface area contributed by atoms with Crippen LogP contribution in [0.2, 0.25) is 51.4 Å². The first-order chi connectivity index (χ1) is 25.1. The van der Waals surface area contributed by atoms with E-state index in [0.717, 1.165) is 17.6 Å². The SMILES string of the molecule is COC(=O)c1nn(COCC[Si](C)(C)C)c2ncc(B(O)O)cc12.COC(=O)c1nn(COCC[Si](C)(C)C)c2ncc(B3OC(C)(C)C(C)(C)O3)cc12. The Morgan fingerprint density at radius 3 is 1.59 bits per heavy atom. The number of esters is 2. The number of fused-ring (bicyclic) bond motifs is 2. The fourth-order valence-corrected chi connectivity index (χ4v) is 6.65. The zero-order valence-corrected chi connectivity index (χ0v) is 35.6. The van der Waals surface area contributed by atoms with E-state index in [-0.39, 0.29) is 30.3 Å². The Labute approximate surface area is 319 Å². The quantitative estimate of drug-likeness (QED) is 0.108. The Morgan fingerprint density at radius 1 is 0.759 bits per heavy atom. The number of methoxy groups -OCH3 is 2. The van der Waals surface area contributed by atoms with Crippen molar-refractivity contribution in [1.29, 1.82) is 0 Å². The predicted octanol–water partition coefficient (Wildman–Crippen LogP) is 3.04. The van der Waals surface area contributed by atoms with E-state index < -0.39 is 53.5 Å². The van der Waals surface area contributed by atoms with Crippen LogP contribution in [0.5, 0.6) is 0 Å². The lowest BCUT2D eigenvalue weighted by molar-refractivity contribution is 0.00578. The minimum absolute atomic E-state index is 0.0660. The molecule has 0 amide bonds. The molecule has 0 aromatic carbocycles. The van der Waals surface area contributed by atoms with Gasteiger partial charge in [0.25, 0.3) is 0 Å². The monoisotopic (exact) mass is 784 g/mol. The molecule has 5 heterocycles. The standard InChI is InChI=1S/C20H32BN3O5Si.C14H22BN3O5Si/c1-19(2)20(3,4)29-21(28-19)14-11-15-16(18(25)26-5)23-24(17(15)22-12-14)13-27-9-10-30(6,7)8;1-22-14(19)12-11-7-10(15(20)21)8-16-13(11)18(17-12)9-23-5-6-24(2,3)4/h11-12H,9-10,13H2,1-8H3;7-8,20-21H,5-6,9H2,1-4H3. The lowest BCUT2D eigenvalue weighted by Gasteiger charge is -2.32. The van der Waals surface area contributed by atoms with Gasteiger partial charge in [-0.1, -0.05) is 39.3 Å². The number of aromatic nitrogens is 6. The van der Waals surface area contributed by atoms with Crippen LogP contribution in [0.1, 0.15) is 48.7 Å². The molecule has 0 spiro atoms. The van der Waals surface area contributed by atoms with Crippen LogP contribution in [-0.4, -0.2) is 121 Å². The van der Waals surface area contributed by atoms with Gasteiger partial charge in [0.2, 0.25) is 0 Å². The average Bonchev–Trinajstić information content (AvgIpc) is 3.71. The molecule has 294 valence electrons. The number of nitrogens with zero attached hydrogens (tertiary/aromatic N) is 6. The Hall–Kier alpha value is -3.50. The molecule has 0 unspecified atom stereocenters. The van der Waals surface area contributed by atoms with Crippen molar-refractivity contribution >= 4 is 75.3 Å². The molecular weight excluding hydrogens is 730 g/mol. The highest BCUT2D eigenvalue weighted by Gasteiger charge is 2.52. The van der Waals surface area contributed by atoms with E-state index >= 15 is 0 Å². The Balaban J connectivity index is 0.000000247. The molecule has 0 radical (unpaired) electrons. The highest BCUT2D eigenvalue weighted by Crippen LogP contribution is 2.36. The van der Waals surface area contributed by atoms with Crippen LogP contribution in [0.15, 0.2) is 24.5 Å². The molecule has 54 heavy (non-hydrogen) atoms. The van der Waals surface area contributed by atoms with Gasteiger partial charge in [-0.3, -0.25) is 0 Å². The van der Waals surface area contributed by atoms with E-state index in [1.807, 2.05) is 33.8 Å². The highest BCUT2D eigenvalue weighted by atomic mass is 28.3. The molecule has 1 aliphatic heterocycles. The maximum Gasteiger partial charge on any atom is 0.496 e. The molecule has 20 heteroatoms. The summed E-state index contributed by atoms with van der Waals surface area (Å²) in [6, 6.07) is 5.37. The van der Waals surface area contributed by atoms with E-state index in [9.17, 15) is 19.6 Å². The van der Waals surface area contributed by atoms with Gasteiger partial charge in [-0.2, -0.15) is 10.2 Å². The lowest BCUT2D eigenvalue weighted by Crippen LogP contribution is -2.41. The van der Waals surface area contributed by atoms with Crippen LogP contribution in [0.25, 0.3) is 22.1 Å². The summed E-state index contributed by atoms with van der Waals surface area (Å²) in [7, 11) is -2.03. The predicted molar refractivity (Wildman–Crippen MR) is 211 cm³/mol. The zero-order chi connectivity index (χ0) is 40.2. The molecule has 2 N–H and O–H groups in total. The van der Waals surface area contributed by atoms with Crippen LogP contribution in [0, 0.1) is 0 Å². The van der Waals surface area contributed by atoms with Crippen LogP contribution in [0.4, 0.5) is 0 Å². The van der Waals surface area contributed by atoms with Crippen molar-refractivity contribution in [3.63, 3.8) is 0 Å². The number of hydrogen-bond acceptors (Lipinski definition) is 14. The van der Waals surface area contributed by atoms with Crippen LogP contribution in [0.3, 0.4) is 0 Å². The summed E-state index contributed by atoms with van der Waals surface area (Å²) in [5, 5.41) is 28.1. The molecule has 1 fully saturated rings. The van der Waals surface area contributed by atoms with Crippen LogP contribution >= 0.6 is 0 Å². The maximum absolute atomic E-state index is 12.3. The van der Waals surface area contributed by atoms with Crippen LogP contribution < -0.4 is 10.9 Å². The van der Waals surface area contributed by atoms with E-state index in [4.69, 9.17) is 28.3 Å². The minimum atomic E-state index is -1.68. The smallest absolute Gasteiger partial charge is 0.464 e. The summed E-state index contributed by atoms with van der Waals surface area (Å²) >= 11 is 0. The molecule has 1 aliphatic rings. The summed E-state index contributed by atoms with van der Waals surface area (Å²) in [5.41, 5.74) is 1.22. The topological polar surface area (TPSA) is 191 Å². The fourth-order valence-electron chi connectivity index (χ4n) is 5.13. The maximum atomic E-state index is 12.3. The highest BCUT2D eigenvalue weighted by molar-refractivity contribution is 6.76. The summed E-state index contributed by atoms with van der Waals surface area (Å²) in [4.78, 5) is 32.9. The molecular formula is C34H54B2N6O10Si2. The van der Waals surface area contributed by atoms with E-state index in [1.54, 1.807) is 10.9 Å². The summed E-state index contributed by atoms with van der Waals surface area (Å²) < 4.78 is 36.4. The molecule has 4 aromatic rings. The normalized spacial score (nSPS) is 15.3. The van der Waals surface area contributed by atoms with Crippen molar-refractivity contribution in [3.8, 4) is 0 Å². The van der Waals surface area contributed by atoms with Gasteiger partial charge in [0.1, 0.15) is 13.5 Å². The first-order valence-electron chi connectivity index (χ1n) is 17.8. The Kier molecular flexibility index (Phi) is 13.7. The largest absolute Gasteiger partial charge is 0.496 e. The average molecular weight is 785 g/mol. The van der Waals surface area contributed by atoms with Gasteiger partial charge in [-0.15, -0.1) is 0 Å². The van der Waals surface area contributed by atoms with E-state index in [2.05, 4.69) is 59.4 Å². The second kappa shape index (κ2) is 17.1. The first kappa shape index (κ1) is 43.2. The van der Waals surface area contributed by atoms with Crippen molar-refractivity contribution in [3.05, 3.63) is 35.9 Å². The summed E-state index contributed by atoms with van der Waals surface area (Å²) in [5.74, 6) is -1.14. The molecule has 1 saturated heterocycles. The van der Waals surface area contributed by atoms with Gasteiger partial charge in [0.05, 0.1) is 36.2 Å². The fraction of sp³-hybridized carbons (Fsp3) is 0.588. The second-order valence-corrected chi connectivity index (χ2v) is 27.9. The molecule has 0 aliphatic carbocycles. The van der Waals surface area contributed by atoms with Crippen molar-refractivity contribution in [1.82, 2.24) is 29.5 Å². The molecule has 5 rings (SSSR count). The third kappa shape index (κ3) is 10.6. The number of ether oxygens (including phenoxy) is 4. The number of pyridine rings is 2.